The Balaban J connectivity index is 1.89. The Hall–Kier alpha value is -2.04. The van der Waals surface area contributed by atoms with Crippen LogP contribution in [0.4, 0.5) is 0 Å². The zero-order valence-electron chi connectivity index (χ0n) is 12.1. The average molecular weight is 289 g/mol. The summed E-state index contributed by atoms with van der Waals surface area (Å²) < 4.78 is 10.3. The van der Waals surface area contributed by atoms with Gasteiger partial charge in [-0.1, -0.05) is 12.8 Å². The van der Waals surface area contributed by atoms with Crippen molar-refractivity contribution in [2.45, 2.75) is 38.3 Å². The molecule has 1 amide bonds. The minimum atomic E-state index is -0.374. The van der Waals surface area contributed by atoms with Gasteiger partial charge in [0.05, 0.1) is 12.7 Å². The molecule has 0 atom stereocenters. The minimum absolute atomic E-state index is 0.0257. The molecule has 112 valence electrons. The summed E-state index contributed by atoms with van der Waals surface area (Å²) in [5.74, 6) is 0.329. The highest BCUT2D eigenvalue weighted by molar-refractivity contribution is 5.90. The van der Waals surface area contributed by atoms with Crippen molar-refractivity contribution < 1.29 is 19.1 Å². The molecule has 1 aromatic carbocycles. The van der Waals surface area contributed by atoms with Crippen molar-refractivity contribution in [2.24, 2.45) is 0 Å². The molecule has 21 heavy (non-hydrogen) atoms. The minimum Gasteiger partial charge on any atom is -0.483 e. The molecular formula is C16H19NO4. The molecule has 0 N–H and O–H groups in total. The van der Waals surface area contributed by atoms with Gasteiger partial charge in [0.25, 0.3) is 5.91 Å². The predicted octanol–water partition coefficient (Wildman–Crippen LogP) is 2.14. The number of esters is 1. The van der Waals surface area contributed by atoms with Crippen LogP contribution in [0.2, 0.25) is 0 Å². The summed E-state index contributed by atoms with van der Waals surface area (Å²) in [7, 11) is 1.36. The van der Waals surface area contributed by atoms with Crippen LogP contribution in [0.5, 0.6) is 5.75 Å². The highest BCUT2D eigenvalue weighted by Gasteiger charge is 2.30. The number of methoxy groups -OCH3 is 1. The molecule has 0 aromatic heterocycles. The molecule has 3 rings (SSSR count). The quantitative estimate of drug-likeness (QED) is 0.783. The van der Waals surface area contributed by atoms with E-state index in [0.717, 1.165) is 18.4 Å². The van der Waals surface area contributed by atoms with Gasteiger partial charge < -0.3 is 14.4 Å². The highest BCUT2D eigenvalue weighted by atomic mass is 16.5. The van der Waals surface area contributed by atoms with Crippen LogP contribution >= 0.6 is 0 Å². The molecule has 5 heteroatoms. The number of carbonyl (C=O) groups excluding carboxylic acids is 2. The number of ether oxygens (including phenoxy) is 2. The van der Waals surface area contributed by atoms with Crippen LogP contribution in [0, 0.1) is 0 Å². The second-order valence-electron chi connectivity index (χ2n) is 5.56. The maximum Gasteiger partial charge on any atom is 0.337 e. The third-order valence-corrected chi connectivity index (χ3v) is 4.26. The van der Waals surface area contributed by atoms with Crippen molar-refractivity contribution in [3.8, 4) is 5.75 Å². The predicted molar refractivity (Wildman–Crippen MR) is 76.1 cm³/mol. The molecule has 1 aromatic rings. The number of hydrogen-bond acceptors (Lipinski definition) is 4. The SMILES string of the molecule is COC(=O)c1ccc2c(c1)CN(C1CCCC1)C(=O)CO2. The van der Waals surface area contributed by atoms with Crippen molar-refractivity contribution in [2.75, 3.05) is 13.7 Å². The topological polar surface area (TPSA) is 55.8 Å². The van der Waals surface area contributed by atoms with Gasteiger partial charge >= 0.3 is 5.97 Å². The van der Waals surface area contributed by atoms with Crippen LogP contribution in [0.15, 0.2) is 18.2 Å². The number of nitrogens with zero attached hydrogens (tertiary/aromatic N) is 1. The van der Waals surface area contributed by atoms with Crippen LogP contribution in [0.1, 0.15) is 41.6 Å². The number of amides is 1. The number of rotatable bonds is 2. The van der Waals surface area contributed by atoms with Crippen molar-refractivity contribution in [1.82, 2.24) is 4.90 Å². The molecule has 1 fully saturated rings. The first kappa shape index (κ1) is 13.9. The lowest BCUT2D eigenvalue weighted by atomic mass is 10.1. The Morgan fingerprint density at radius 2 is 2.10 bits per heavy atom. The Kier molecular flexibility index (Phi) is 3.82. The third-order valence-electron chi connectivity index (χ3n) is 4.26. The van der Waals surface area contributed by atoms with Gasteiger partial charge in [0.1, 0.15) is 5.75 Å². The van der Waals surface area contributed by atoms with Gasteiger partial charge in [-0.2, -0.15) is 0 Å². The fraction of sp³-hybridized carbons (Fsp3) is 0.500. The van der Waals surface area contributed by atoms with Crippen LogP contribution in [-0.4, -0.2) is 36.5 Å². The van der Waals surface area contributed by atoms with E-state index in [2.05, 4.69) is 0 Å². The van der Waals surface area contributed by atoms with E-state index in [1.807, 2.05) is 4.90 Å². The molecule has 0 spiro atoms. The second kappa shape index (κ2) is 5.76. The molecule has 0 unspecified atom stereocenters. The molecule has 2 aliphatic rings. The third kappa shape index (κ3) is 2.73. The molecule has 0 bridgehead atoms. The molecule has 1 saturated carbocycles. The first-order valence-corrected chi connectivity index (χ1v) is 7.32. The Morgan fingerprint density at radius 1 is 1.33 bits per heavy atom. The van der Waals surface area contributed by atoms with Crippen molar-refractivity contribution in [1.29, 1.82) is 0 Å². The van der Waals surface area contributed by atoms with E-state index < -0.39 is 0 Å². The maximum atomic E-state index is 12.3. The number of hydrogen-bond donors (Lipinski definition) is 0. The summed E-state index contributed by atoms with van der Waals surface area (Å²) in [5, 5.41) is 0. The van der Waals surface area contributed by atoms with Crippen molar-refractivity contribution in [3.63, 3.8) is 0 Å². The first-order valence-electron chi connectivity index (χ1n) is 7.32. The van der Waals surface area contributed by atoms with E-state index in [1.165, 1.54) is 20.0 Å². The van der Waals surface area contributed by atoms with E-state index in [9.17, 15) is 9.59 Å². The van der Waals surface area contributed by atoms with Crippen molar-refractivity contribution in [3.05, 3.63) is 29.3 Å². The monoisotopic (exact) mass is 289 g/mol. The van der Waals surface area contributed by atoms with Crippen LogP contribution in [0.3, 0.4) is 0 Å². The fourth-order valence-corrected chi connectivity index (χ4v) is 3.13. The Labute approximate surface area is 123 Å². The van der Waals surface area contributed by atoms with Gasteiger partial charge in [0, 0.05) is 18.2 Å². The Bertz CT molecular complexity index is 563. The Morgan fingerprint density at radius 3 is 2.81 bits per heavy atom. The molecule has 1 aliphatic carbocycles. The number of carbonyl (C=O) groups is 2. The molecule has 0 radical (unpaired) electrons. The maximum absolute atomic E-state index is 12.3. The number of benzene rings is 1. The molecule has 1 heterocycles. The summed E-state index contributed by atoms with van der Waals surface area (Å²) in [6.45, 7) is 0.574. The highest BCUT2D eigenvalue weighted by Crippen LogP contribution is 2.30. The lowest BCUT2D eigenvalue weighted by molar-refractivity contribution is -0.135. The standard InChI is InChI=1S/C16H19NO4/c1-20-16(19)11-6-7-14-12(8-11)9-17(15(18)10-21-14)13-4-2-3-5-13/h6-8,13H,2-5,9-10H2,1H3. The summed E-state index contributed by atoms with van der Waals surface area (Å²) in [6.07, 6.45) is 4.45. The zero-order chi connectivity index (χ0) is 14.8. The summed E-state index contributed by atoms with van der Waals surface area (Å²) in [5.41, 5.74) is 1.36. The van der Waals surface area contributed by atoms with Gasteiger partial charge in [0.15, 0.2) is 6.61 Å². The van der Waals surface area contributed by atoms with E-state index in [0.29, 0.717) is 23.9 Å². The van der Waals surface area contributed by atoms with E-state index >= 15 is 0 Å². The zero-order valence-corrected chi connectivity index (χ0v) is 12.1. The van der Waals surface area contributed by atoms with Crippen LogP contribution < -0.4 is 4.74 Å². The van der Waals surface area contributed by atoms with Crippen LogP contribution in [0.25, 0.3) is 0 Å². The largest absolute Gasteiger partial charge is 0.483 e. The average Bonchev–Trinajstić information content (AvgIpc) is 2.98. The lowest BCUT2D eigenvalue weighted by Crippen LogP contribution is -2.39. The van der Waals surface area contributed by atoms with Crippen LogP contribution in [-0.2, 0) is 16.1 Å². The molecular weight excluding hydrogens is 270 g/mol. The summed E-state index contributed by atoms with van der Waals surface area (Å²) in [6, 6.07) is 5.48. The van der Waals surface area contributed by atoms with Gasteiger partial charge in [0.2, 0.25) is 0 Å². The lowest BCUT2D eigenvalue weighted by Gasteiger charge is -2.27. The second-order valence-corrected chi connectivity index (χ2v) is 5.56. The van der Waals surface area contributed by atoms with E-state index in [1.54, 1.807) is 18.2 Å². The van der Waals surface area contributed by atoms with Gasteiger partial charge in [-0.25, -0.2) is 4.79 Å². The van der Waals surface area contributed by atoms with Gasteiger partial charge in [-0.3, -0.25) is 4.79 Å². The number of fused-ring (bicyclic) bond motifs is 1. The summed E-state index contributed by atoms with van der Waals surface area (Å²) in [4.78, 5) is 25.8. The van der Waals surface area contributed by atoms with E-state index in [4.69, 9.17) is 9.47 Å². The molecule has 0 saturated heterocycles. The molecule has 1 aliphatic heterocycles. The summed E-state index contributed by atoms with van der Waals surface area (Å²) >= 11 is 0. The fourth-order valence-electron chi connectivity index (χ4n) is 3.13. The van der Waals surface area contributed by atoms with E-state index in [-0.39, 0.29) is 18.5 Å². The van der Waals surface area contributed by atoms with Gasteiger partial charge in [-0.15, -0.1) is 0 Å². The van der Waals surface area contributed by atoms with Crippen molar-refractivity contribution >= 4 is 11.9 Å². The normalized spacial score (nSPS) is 18.9. The first-order chi connectivity index (χ1) is 10.2. The smallest absolute Gasteiger partial charge is 0.337 e. The van der Waals surface area contributed by atoms with Gasteiger partial charge in [-0.05, 0) is 31.0 Å². The molecule has 5 nitrogen and oxygen atoms in total.